The molecule has 19 heavy (non-hydrogen) atoms. The average molecular weight is 301 g/mol. The zero-order valence-electron chi connectivity index (χ0n) is 10.1. The number of fused-ring (bicyclic) bond motifs is 2. The van der Waals surface area contributed by atoms with E-state index in [9.17, 15) is 26.4 Å². The van der Waals surface area contributed by atoms with E-state index in [-0.39, 0.29) is 6.42 Å². The molecule has 2 rings (SSSR count). The van der Waals surface area contributed by atoms with Crippen LogP contribution in [0.3, 0.4) is 0 Å². The Morgan fingerprint density at radius 1 is 1.37 bits per heavy atom. The van der Waals surface area contributed by atoms with Gasteiger partial charge in [0, 0.05) is 12.1 Å². The van der Waals surface area contributed by atoms with E-state index in [0.717, 1.165) is 4.31 Å². The molecule has 0 aromatic heterocycles. The first-order chi connectivity index (χ1) is 8.56. The molecule has 4 atom stereocenters. The highest BCUT2D eigenvalue weighted by molar-refractivity contribution is 7.89. The van der Waals surface area contributed by atoms with Crippen molar-refractivity contribution < 1.29 is 31.5 Å². The van der Waals surface area contributed by atoms with Crippen LogP contribution in [0.25, 0.3) is 0 Å². The van der Waals surface area contributed by atoms with Gasteiger partial charge in [-0.3, -0.25) is 4.79 Å². The summed E-state index contributed by atoms with van der Waals surface area (Å²) in [6.07, 6.45) is -4.01. The maximum absolute atomic E-state index is 12.6. The van der Waals surface area contributed by atoms with Crippen molar-refractivity contribution in [3.8, 4) is 0 Å². The zero-order valence-corrected chi connectivity index (χ0v) is 10.9. The van der Waals surface area contributed by atoms with Crippen LogP contribution in [0.2, 0.25) is 0 Å². The zero-order chi connectivity index (χ0) is 14.6. The molecule has 2 aliphatic heterocycles. The number of hydrogen-bond donors (Lipinski definition) is 1. The number of sulfonamides is 1. The SMILES string of the molecule is CC(C(F)(F)F)S(=O)(=O)N1C2CCC1C(C(=O)O)C2. The van der Waals surface area contributed by atoms with E-state index in [1.165, 1.54) is 0 Å². The Kier molecular flexibility index (Phi) is 3.33. The van der Waals surface area contributed by atoms with Crippen LogP contribution in [-0.4, -0.2) is 47.3 Å². The Morgan fingerprint density at radius 3 is 2.37 bits per heavy atom. The second-order valence-corrected chi connectivity index (χ2v) is 7.20. The fourth-order valence-corrected chi connectivity index (χ4v) is 4.89. The van der Waals surface area contributed by atoms with E-state index < -0.39 is 45.4 Å². The van der Waals surface area contributed by atoms with Crippen molar-refractivity contribution in [2.24, 2.45) is 5.92 Å². The average Bonchev–Trinajstić information content (AvgIpc) is 2.84. The van der Waals surface area contributed by atoms with Crippen molar-refractivity contribution in [1.29, 1.82) is 0 Å². The minimum absolute atomic E-state index is 0.101. The highest BCUT2D eigenvalue weighted by Crippen LogP contribution is 2.45. The molecule has 2 heterocycles. The number of carboxylic acid groups (broad SMARTS) is 1. The first kappa shape index (κ1) is 14.6. The molecule has 0 aromatic carbocycles. The number of rotatable bonds is 3. The number of carboxylic acids is 1. The first-order valence-corrected chi connectivity index (χ1v) is 7.39. The van der Waals surface area contributed by atoms with Gasteiger partial charge in [0.1, 0.15) is 0 Å². The number of hydrogen-bond acceptors (Lipinski definition) is 3. The molecular weight excluding hydrogens is 287 g/mol. The molecule has 2 fully saturated rings. The number of halogens is 3. The van der Waals surface area contributed by atoms with Crippen LogP contribution in [-0.2, 0) is 14.8 Å². The molecule has 0 aromatic rings. The van der Waals surface area contributed by atoms with E-state index in [2.05, 4.69) is 0 Å². The van der Waals surface area contributed by atoms with Crippen molar-refractivity contribution in [2.75, 3.05) is 0 Å². The third-order valence-electron chi connectivity index (χ3n) is 3.99. The summed E-state index contributed by atoms with van der Waals surface area (Å²) in [4.78, 5) is 11.0. The Hall–Kier alpha value is -0.830. The van der Waals surface area contributed by atoms with Gasteiger partial charge in [0.15, 0.2) is 5.25 Å². The van der Waals surface area contributed by atoms with Gasteiger partial charge in [-0.15, -0.1) is 0 Å². The lowest BCUT2D eigenvalue weighted by Crippen LogP contribution is -2.47. The minimum atomic E-state index is -4.85. The maximum atomic E-state index is 12.6. The lowest BCUT2D eigenvalue weighted by atomic mass is 9.89. The van der Waals surface area contributed by atoms with Gasteiger partial charge in [-0.2, -0.15) is 17.5 Å². The monoisotopic (exact) mass is 301 g/mol. The molecule has 5 nitrogen and oxygen atoms in total. The van der Waals surface area contributed by atoms with Crippen LogP contribution in [0, 0.1) is 5.92 Å². The van der Waals surface area contributed by atoms with E-state index >= 15 is 0 Å². The first-order valence-electron chi connectivity index (χ1n) is 5.88. The van der Waals surface area contributed by atoms with Crippen molar-refractivity contribution in [3.05, 3.63) is 0 Å². The Balaban J connectivity index is 2.31. The molecular formula is C10H14F3NO4S. The molecule has 2 aliphatic rings. The summed E-state index contributed by atoms with van der Waals surface area (Å²) < 4.78 is 62.7. The normalized spacial score (nSPS) is 33.6. The van der Waals surface area contributed by atoms with Gasteiger partial charge >= 0.3 is 12.1 Å². The summed E-state index contributed by atoms with van der Waals surface area (Å²) in [5.74, 6) is -2.04. The van der Waals surface area contributed by atoms with Gasteiger partial charge < -0.3 is 5.11 Å². The minimum Gasteiger partial charge on any atom is -0.481 e. The highest BCUT2D eigenvalue weighted by atomic mass is 32.2. The van der Waals surface area contributed by atoms with Crippen molar-refractivity contribution in [3.63, 3.8) is 0 Å². The lowest BCUT2D eigenvalue weighted by Gasteiger charge is -2.27. The molecule has 0 radical (unpaired) electrons. The van der Waals surface area contributed by atoms with E-state index in [1.54, 1.807) is 0 Å². The Morgan fingerprint density at radius 2 is 1.95 bits per heavy atom. The molecule has 0 saturated carbocycles. The van der Waals surface area contributed by atoms with E-state index in [4.69, 9.17) is 5.11 Å². The van der Waals surface area contributed by atoms with Crippen LogP contribution in [0.4, 0.5) is 13.2 Å². The third kappa shape index (κ3) is 2.22. The van der Waals surface area contributed by atoms with Crippen LogP contribution >= 0.6 is 0 Å². The molecule has 0 amide bonds. The molecule has 0 spiro atoms. The fraction of sp³-hybridized carbons (Fsp3) is 0.900. The summed E-state index contributed by atoms with van der Waals surface area (Å²) >= 11 is 0. The van der Waals surface area contributed by atoms with Gasteiger partial charge in [-0.05, 0) is 26.2 Å². The quantitative estimate of drug-likeness (QED) is 0.850. The van der Waals surface area contributed by atoms with E-state index in [1.807, 2.05) is 0 Å². The second kappa shape index (κ2) is 4.34. The van der Waals surface area contributed by atoms with Gasteiger partial charge in [0.2, 0.25) is 10.0 Å². The predicted octanol–water partition coefficient (Wildman–Crippen LogP) is 1.20. The molecule has 110 valence electrons. The van der Waals surface area contributed by atoms with Crippen LogP contribution < -0.4 is 0 Å². The topological polar surface area (TPSA) is 74.7 Å². The fourth-order valence-electron chi connectivity index (χ4n) is 2.95. The molecule has 1 N–H and O–H groups in total. The Bertz CT molecular complexity index is 489. The summed E-state index contributed by atoms with van der Waals surface area (Å²) in [5.41, 5.74) is 0. The predicted molar refractivity (Wildman–Crippen MR) is 58.8 cm³/mol. The molecule has 2 bridgehead atoms. The summed E-state index contributed by atoms with van der Waals surface area (Å²) in [7, 11) is -4.55. The van der Waals surface area contributed by atoms with E-state index in [0.29, 0.717) is 19.8 Å². The second-order valence-electron chi connectivity index (χ2n) is 5.04. The highest BCUT2D eigenvalue weighted by Gasteiger charge is 2.58. The molecule has 0 aliphatic carbocycles. The summed E-state index contributed by atoms with van der Waals surface area (Å²) in [5, 5.41) is 6.47. The van der Waals surface area contributed by atoms with Crippen LogP contribution in [0.15, 0.2) is 0 Å². The standard InChI is InChI=1S/C10H14F3NO4S/c1-5(10(11,12)13)19(17,18)14-6-2-3-8(14)7(4-6)9(15)16/h5-8H,2-4H2,1H3,(H,15,16). The number of nitrogens with zero attached hydrogens (tertiary/aromatic N) is 1. The van der Waals surface area contributed by atoms with Crippen molar-refractivity contribution in [2.45, 2.75) is 49.7 Å². The largest absolute Gasteiger partial charge is 0.481 e. The van der Waals surface area contributed by atoms with Crippen molar-refractivity contribution in [1.82, 2.24) is 4.31 Å². The molecule has 9 heteroatoms. The lowest BCUT2D eigenvalue weighted by molar-refractivity contribution is -0.142. The van der Waals surface area contributed by atoms with Gasteiger partial charge in [0.25, 0.3) is 0 Å². The summed E-state index contributed by atoms with van der Waals surface area (Å²) in [6, 6.07) is -1.45. The number of aliphatic carboxylic acids is 1. The third-order valence-corrected chi connectivity index (χ3v) is 6.31. The smallest absolute Gasteiger partial charge is 0.406 e. The maximum Gasteiger partial charge on any atom is 0.406 e. The van der Waals surface area contributed by atoms with Crippen molar-refractivity contribution >= 4 is 16.0 Å². The molecule has 4 unspecified atom stereocenters. The van der Waals surface area contributed by atoms with Gasteiger partial charge in [0.05, 0.1) is 5.92 Å². The molecule has 2 saturated heterocycles. The van der Waals surface area contributed by atoms with Gasteiger partial charge in [-0.25, -0.2) is 8.42 Å². The Labute approximate surface area is 108 Å². The number of alkyl halides is 3. The van der Waals surface area contributed by atoms with Crippen LogP contribution in [0.1, 0.15) is 26.2 Å². The number of carbonyl (C=O) groups is 1. The van der Waals surface area contributed by atoms with Gasteiger partial charge in [-0.1, -0.05) is 0 Å². The summed E-state index contributed by atoms with van der Waals surface area (Å²) in [6.45, 7) is 0.600. The van der Waals surface area contributed by atoms with Crippen LogP contribution in [0.5, 0.6) is 0 Å².